The van der Waals surface area contributed by atoms with Gasteiger partial charge in [-0.05, 0) is 44.0 Å². The van der Waals surface area contributed by atoms with Crippen LogP contribution in [0, 0.1) is 13.8 Å². The highest BCUT2D eigenvalue weighted by Crippen LogP contribution is 2.44. The molecule has 0 spiro atoms. The summed E-state index contributed by atoms with van der Waals surface area (Å²) in [6.07, 6.45) is 0.576. The van der Waals surface area contributed by atoms with Crippen molar-refractivity contribution in [3.63, 3.8) is 0 Å². The Morgan fingerprint density at radius 2 is 1.94 bits per heavy atom. The van der Waals surface area contributed by atoms with Gasteiger partial charge in [-0.1, -0.05) is 46.3 Å². The normalized spacial score (nSPS) is 15.9. The van der Waals surface area contributed by atoms with Crippen LogP contribution in [0.15, 0.2) is 64.3 Å². The van der Waals surface area contributed by atoms with Crippen LogP contribution in [0.4, 0.5) is 0 Å². The van der Waals surface area contributed by atoms with Gasteiger partial charge in [-0.15, -0.1) is 11.3 Å². The number of ketones is 1. The predicted octanol–water partition coefficient (Wildman–Crippen LogP) is 5.35. The Balaban J connectivity index is 1.81. The fourth-order valence-corrected chi connectivity index (χ4v) is 5.37. The number of aromatic nitrogens is 1. The summed E-state index contributed by atoms with van der Waals surface area (Å²) in [6.45, 7) is 3.90. The molecule has 8 heteroatoms. The Labute approximate surface area is 204 Å². The van der Waals surface area contributed by atoms with Crippen LogP contribution in [0.3, 0.4) is 0 Å². The Morgan fingerprint density at radius 1 is 1.21 bits per heavy atom. The summed E-state index contributed by atoms with van der Waals surface area (Å²) in [5, 5.41) is 11.7. The third kappa shape index (κ3) is 4.45. The van der Waals surface area contributed by atoms with Gasteiger partial charge in [0.15, 0.2) is 5.76 Å². The number of aliphatic hydroxyl groups is 1. The van der Waals surface area contributed by atoms with Gasteiger partial charge in [-0.25, -0.2) is 4.98 Å². The second-order valence-electron chi connectivity index (χ2n) is 7.76. The van der Waals surface area contributed by atoms with E-state index in [1.54, 1.807) is 25.0 Å². The standard InChI is InChI=1S/C25H23BrN2O4S/c1-14-24(33-15(2)27-14)22(29)20-21(18-13-17(26)9-10-19(18)32-3)28(25(31)23(20)30)12-11-16-7-5-4-6-8-16/h4-10,13,21,30H,11-12H2,1-3H3. The summed E-state index contributed by atoms with van der Waals surface area (Å²) in [5.74, 6) is -0.957. The van der Waals surface area contributed by atoms with Gasteiger partial charge in [0, 0.05) is 16.6 Å². The van der Waals surface area contributed by atoms with Crippen LogP contribution in [-0.4, -0.2) is 40.3 Å². The molecule has 1 atom stereocenters. The molecular weight excluding hydrogens is 504 g/mol. The molecule has 0 saturated heterocycles. The number of halogens is 1. The lowest BCUT2D eigenvalue weighted by molar-refractivity contribution is -0.129. The number of nitrogens with zero attached hydrogens (tertiary/aromatic N) is 2. The maximum absolute atomic E-state index is 13.6. The third-order valence-corrected chi connectivity index (χ3v) is 7.19. The number of Topliss-reactive ketones (excluding diaryl/α,β-unsaturated/α-hetero) is 1. The Morgan fingerprint density at radius 3 is 2.58 bits per heavy atom. The first-order valence-electron chi connectivity index (χ1n) is 10.4. The molecule has 0 saturated carbocycles. The molecule has 2 heterocycles. The second kappa shape index (κ2) is 9.49. The quantitative estimate of drug-likeness (QED) is 0.419. The molecule has 1 aliphatic rings. The van der Waals surface area contributed by atoms with Crippen molar-refractivity contribution in [2.24, 2.45) is 0 Å². The van der Waals surface area contributed by atoms with E-state index in [1.165, 1.54) is 11.3 Å². The average molecular weight is 527 g/mol. The van der Waals surface area contributed by atoms with Crippen LogP contribution in [0.5, 0.6) is 5.75 Å². The van der Waals surface area contributed by atoms with Gasteiger partial charge in [0.25, 0.3) is 5.91 Å². The first kappa shape index (κ1) is 23.2. The smallest absolute Gasteiger partial charge is 0.290 e. The highest BCUT2D eigenvalue weighted by atomic mass is 79.9. The topological polar surface area (TPSA) is 79.7 Å². The van der Waals surface area contributed by atoms with E-state index in [1.807, 2.05) is 49.4 Å². The van der Waals surface area contributed by atoms with Crippen molar-refractivity contribution in [3.8, 4) is 5.75 Å². The minimum absolute atomic E-state index is 0.0520. The zero-order valence-corrected chi connectivity index (χ0v) is 20.9. The number of hydrogen-bond donors (Lipinski definition) is 1. The minimum Gasteiger partial charge on any atom is -0.503 e. The van der Waals surface area contributed by atoms with E-state index in [9.17, 15) is 14.7 Å². The predicted molar refractivity (Wildman–Crippen MR) is 131 cm³/mol. The SMILES string of the molecule is COc1ccc(Br)cc1C1C(C(=O)c2sc(C)nc2C)=C(O)C(=O)N1CCc1ccccc1. The zero-order chi connectivity index (χ0) is 23.7. The molecule has 1 aromatic heterocycles. The number of carbonyl (C=O) groups excluding carboxylic acids is 2. The number of rotatable bonds is 7. The molecule has 3 aromatic rings. The van der Waals surface area contributed by atoms with Crippen LogP contribution in [-0.2, 0) is 11.2 Å². The monoisotopic (exact) mass is 526 g/mol. The summed E-state index contributed by atoms with van der Waals surface area (Å²) < 4.78 is 6.35. The molecule has 1 aliphatic heterocycles. The number of aliphatic hydroxyl groups excluding tert-OH is 1. The van der Waals surface area contributed by atoms with Gasteiger partial charge in [-0.3, -0.25) is 9.59 Å². The molecule has 0 aliphatic carbocycles. The van der Waals surface area contributed by atoms with Crippen molar-refractivity contribution in [1.29, 1.82) is 0 Å². The minimum atomic E-state index is -0.789. The Hall–Kier alpha value is -2.97. The van der Waals surface area contributed by atoms with E-state index in [4.69, 9.17) is 4.74 Å². The number of hydrogen-bond acceptors (Lipinski definition) is 6. The summed E-state index contributed by atoms with van der Waals surface area (Å²) in [4.78, 5) is 33.2. The summed E-state index contributed by atoms with van der Waals surface area (Å²) in [7, 11) is 1.54. The molecule has 6 nitrogen and oxygen atoms in total. The molecule has 0 radical (unpaired) electrons. The van der Waals surface area contributed by atoms with Gasteiger partial charge < -0.3 is 14.7 Å². The Bertz CT molecular complexity index is 1250. The molecule has 1 unspecified atom stereocenters. The first-order chi connectivity index (χ1) is 15.8. The number of thiazole rings is 1. The maximum atomic E-state index is 13.6. The van der Waals surface area contributed by atoms with Crippen molar-refractivity contribution in [2.45, 2.75) is 26.3 Å². The summed E-state index contributed by atoms with van der Waals surface area (Å²) in [5.41, 5.74) is 2.31. The first-order valence-corrected chi connectivity index (χ1v) is 12.0. The highest BCUT2D eigenvalue weighted by Gasteiger charge is 2.45. The number of ether oxygens (including phenoxy) is 1. The third-order valence-electron chi connectivity index (χ3n) is 5.63. The van der Waals surface area contributed by atoms with E-state index in [0.717, 1.165) is 15.0 Å². The number of benzene rings is 2. The van der Waals surface area contributed by atoms with Gasteiger partial charge >= 0.3 is 0 Å². The van der Waals surface area contributed by atoms with E-state index in [2.05, 4.69) is 20.9 Å². The van der Waals surface area contributed by atoms with E-state index >= 15 is 0 Å². The van der Waals surface area contributed by atoms with E-state index < -0.39 is 23.5 Å². The zero-order valence-electron chi connectivity index (χ0n) is 18.5. The molecule has 1 amide bonds. The van der Waals surface area contributed by atoms with Gasteiger partial charge in [0.05, 0.1) is 34.3 Å². The van der Waals surface area contributed by atoms with Crippen molar-refractivity contribution >= 4 is 39.0 Å². The van der Waals surface area contributed by atoms with E-state index in [-0.39, 0.29) is 5.57 Å². The molecule has 0 bridgehead atoms. The lowest BCUT2D eigenvalue weighted by Crippen LogP contribution is -2.33. The lowest BCUT2D eigenvalue weighted by Gasteiger charge is -2.28. The number of methoxy groups -OCH3 is 1. The van der Waals surface area contributed by atoms with Crippen LogP contribution in [0.2, 0.25) is 0 Å². The van der Waals surface area contributed by atoms with Gasteiger partial charge in [-0.2, -0.15) is 0 Å². The molecule has 2 aromatic carbocycles. The number of carbonyl (C=O) groups is 2. The molecule has 170 valence electrons. The van der Waals surface area contributed by atoms with Crippen LogP contribution < -0.4 is 4.74 Å². The average Bonchev–Trinajstić information content (AvgIpc) is 3.27. The van der Waals surface area contributed by atoms with Crippen molar-refractivity contribution in [1.82, 2.24) is 9.88 Å². The molecular formula is C25H23BrN2O4S. The highest BCUT2D eigenvalue weighted by molar-refractivity contribution is 9.10. The number of amides is 1. The fourth-order valence-electron chi connectivity index (χ4n) is 4.12. The fraction of sp³-hybridized carbons (Fsp3) is 0.240. The molecule has 4 rings (SSSR count). The van der Waals surface area contributed by atoms with Crippen molar-refractivity contribution < 1.29 is 19.4 Å². The molecule has 0 fully saturated rings. The van der Waals surface area contributed by atoms with Crippen molar-refractivity contribution in [2.75, 3.05) is 13.7 Å². The van der Waals surface area contributed by atoms with Crippen LogP contribution in [0.1, 0.15) is 37.5 Å². The molecule has 33 heavy (non-hydrogen) atoms. The van der Waals surface area contributed by atoms with Crippen LogP contribution in [0.25, 0.3) is 0 Å². The van der Waals surface area contributed by atoms with Crippen LogP contribution >= 0.6 is 27.3 Å². The number of aryl methyl sites for hydroxylation is 2. The Kier molecular flexibility index (Phi) is 6.67. The summed E-state index contributed by atoms with van der Waals surface area (Å²) >= 11 is 4.74. The lowest BCUT2D eigenvalue weighted by atomic mass is 9.94. The van der Waals surface area contributed by atoms with E-state index in [0.29, 0.717) is 34.8 Å². The largest absolute Gasteiger partial charge is 0.503 e. The van der Waals surface area contributed by atoms with Crippen molar-refractivity contribution in [3.05, 3.63) is 91.0 Å². The maximum Gasteiger partial charge on any atom is 0.290 e. The molecule has 1 N–H and O–H groups in total. The summed E-state index contributed by atoms with van der Waals surface area (Å²) in [6, 6.07) is 14.4. The second-order valence-corrected chi connectivity index (χ2v) is 9.88. The van der Waals surface area contributed by atoms with Gasteiger partial charge in [0.1, 0.15) is 5.75 Å². The van der Waals surface area contributed by atoms with Gasteiger partial charge in [0.2, 0.25) is 5.78 Å².